The van der Waals surface area contributed by atoms with Gasteiger partial charge in [0.25, 0.3) is 0 Å². The topological polar surface area (TPSA) is 34.4 Å². The van der Waals surface area contributed by atoms with Crippen LogP contribution in [0.2, 0.25) is 0 Å². The van der Waals surface area contributed by atoms with E-state index in [0.717, 1.165) is 44.1 Å². The second kappa shape index (κ2) is 6.06. The van der Waals surface area contributed by atoms with E-state index in [2.05, 4.69) is 24.4 Å². The van der Waals surface area contributed by atoms with Crippen LogP contribution >= 0.6 is 0 Å². The number of rotatable bonds is 6. The fraction of sp³-hybridized carbons (Fsp3) is 0.692. The van der Waals surface area contributed by atoms with Gasteiger partial charge < -0.3 is 14.5 Å². The van der Waals surface area contributed by atoms with Gasteiger partial charge in [0.2, 0.25) is 0 Å². The van der Waals surface area contributed by atoms with Crippen LogP contribution in [0.5, 0.6) is 0 Å². The lowest BCUT2D eigenvalue weighted by molar-refractivity contribution is 0.104. The van der Waals surface area contributed by atoms with Crippen LogP contribution in [0.4, 0.5) is 0 Å². The third-order valence-corrected chi connectivity index (χ3v) is 3.03. The molecule has 0 aliphatic carbocycles. The van der Waals surface area contributed by atoms with E-state index in [4.69, 9.17) is 9.15 Å². The second-order valence-electron chi connectivity index (χ2n) is 4.32. The highest BCUT2D eigenvalue weighted by Crippen LogP contribution is 2.14. The smallest absolute Gasteiger partial charge is 0.117 e. The molecule has 3 heteroatoms. The molecule has 90 valence electrons. The van der Waals surface area contributed by atoms with Gasteiger partial charge in [-0.05, 0) is 37.9 Å². The molecule has 0 radical (unpaired) electrons. The van der Waals surface area contributed by atoms with Crippen molar-refractivity contribution < 1.29 is 9.15 Å². The third-order valence-electron chi connectivity index (χ3n) is 3.03. The van der Waals surface area contributed by atoms with Crippen LogP contribution in [0.1, 0.15) is 37.7 Å². The highest BCUT2D eigenvalue weighted by atomic mass is 16.5. The first-order valence-corrected chi connectivity index (χ1v) is 6.28. The molecule has 16 heavy (non-hydrogen) atoms. The molecule has 1 N–H and O–H groups in total. The van der Waals surface area contributed by atoms with Crippen LogP contribution in [0.25, 0.3) is 0 Å². The highest BCUT2D eigenvalue weighted by molar-refractivity contribution is 5.06. The van der Waals surface area contributed by atoms with Crippen molar-refractivity contribution >= 4 is 0 Å². The van der Waals surface area contributed by atoms with E-state index in [-0.39, 0.29) is 0 Å². The average Bonchev–Trinajstić information content (AvgIpc) is 2.95. The van der Waals surface area contributed by atoms with Gasteiger partial charge in [-0.15, -0.1) is 0 Å². The minimum atomic E-state index is 0.482. The Morgan fingerprint density at radius 2 is 2.25 bits per heavy atom. The monoisotopic (exact) mass is 223 g/mol. The summed E-state index contributed by atoms with van der Waals surface area (Å²) in [5.74, 6) is 2.10. The van der Waals surface area contributed by atoms with Crippen molar-refractivity contribution in [1.29, 1.82) is 0 Å². The highest BCUT2D eigenvalue weighted by Gasteiger charge is 2.14. The maximum atomic E-state index is 5.61. The molecular formula is C13H21NO2. The van der Waals surface area contributed by atoms with Crippen molar-refractivity contribution in [1.82, 2.24) is 5.32 Å². The van der Waals surface area contributed by atoms with Crippen molar-refractivity contribution in [2.24, 2.45) is 0 Å². The van der Waals surface area contributed by atoms with Crippen molar-refractivity contribution in [3.05, 3.63) is 23.7 Å². The van der Waals surface area contributed by atoms with E-state index in [0.29, 0.717) is 6.10 Å². The van der Waals surface area contributed by atoms with Gasteiger partial charge >= 0.3 is 0 Å². The summed E-state index contributed by atoms with van der Waals surface area (Å²) in [5.41, 5.74) is 0. The van der Waals surface area contributed by atoms with E-state index >= 15 is 0 Å². The van der Waals surface area contributed by atoms with Gasteiger partial charge in [0, 0.05) is 13.0 Å². The zero-order valence-corrected chi connectivity index (χ0v) is 10.00. The Balaban J connectivity index is 1.60. The number of nitrogens with one attached hydrogen (secondary N) is 1. The van der Waals surface area contributed by atoms with Gasteiger partial charge in [0.05, 0.1) is 12.6 Å². The molecule has 0 saturated carbocycles. The standard InChI is InChI=1S/C13H21NO2/c1-2-11-5-6-13(16-11)10-14-8-7-12-4-3-9-15-12/h5-6,12,14H,2-4,7-10H2,1H3. The largest absolute Gasteiger partial charge is 0.465 e. The summed E-state index contributed by atoms with van der Waals surface area (Å²) in [6.07, 6.45) is 5.01. The van der Waals surface area contributed by atoms with Crippen LogP contribution in [0.3, 0.4) is 0 Å². The predicted molar refractivity (Wildman–Crippen MR) is 63.4 cm³/mol. The summed E-state index contributed by atoms with van der Waals surface area (Å²) in [5, 5.41) is 3.39. The Morgan fingerprint density at radius 1 is 1.38 bits per heavy atom. The summed E-state index contributed by atoms with van der Waals surface area (Å²) in [6.45, 7) is 4.88. The Kier molecular flexibility index (Phi) is 4.43. The quantitative estimate of drug-likeness (QED) is 0.752. The lowest BCUT2D eigenvalue weighted by atomic mass is 10.2. The van der Waals surface area contributed by atoms with E-state index < -0.39 is 0 Å². The number of aryl methyl sites for hydroxylation is 1. The minimum absolute atomic E-state index is 0.482. The molecule has 0 aromatic carbocycles. The fourth-order valence-electron chi connectivity index (χ4n) is 2.05. The van der Waals surface area contributed by atoms with Crippen molar-refractivity contribution in [2.75, 3.05) is 13.2 Å². The minimum Gasteiger partial charge on any atom is -0.465 e. The molecule has 3 nitrogen and oxygen atoms in total. The third kappa shape index (κ3) is 3.35. The zero-order valence-electron chi connectivity index (χ0n) is 10.00. The number of hydrogen-bond acceptors (Lipinski definition) is 3. The Hall–Kier alpha value is -0.800. The van der Waals surface area contributed by atoms with Crippen molar-refractivity contribution in [3.8, 4) is 0 Å². The fourth-order valence-corrected chi connectivity index (χ4v) is 2.05. The van der Waals surface area contributed by atoms with Crippen LogP contribution in [0, 0.1) is 0 Å². The first-order valence-electron chi connectivity index (χ1n) is 6.28. The van der Waals surface area contributed by atoms with Gasteiger partial charge in [0.15, 0.2) is 0 Å². The molecule has 1 atom stereocenters. The molecule has 1 aromatic heterocycles. The van der Waals surface area contributed by atoms with Crippen LogP contribution in [0.15, 0.2) is 16.5 Å². The lowest BCUT2D eigenvalue weighted by Crippen LogP contribution is -2.19. The summed E-state index contributed by atoms with van der Waals surface area (Å²) < 4.78 is 11.2. The molecule has 1 saturated heterocycles. The van der Waals surface area contributed by atoms with Gasteiger partial charge in [-0.3, -0.25) is 0 Å². The molecular weight excluding hydrogens is 202 g/mol. The lowest BCUT2D eigenvalue weighted by Gasteiger charge is -2.08. The van der Waals surface area contributed by atoms with E-state index in [1.165, 1.54) is 12.8 Å². The van der Waals surface area contributed by atoms with Crippen molar-refractivity contribution in [2.45, 2.75) is 45.3 Å². The Labute approximate surface area is 97.2 Å². The molecule has 0 amide bonds. The van der Waals surface area contributed by atoms with Gasteiger partial charge in [-0.2, -0.15) is 0 Å². The van der Waals surface area contributed by atoms with Gasteiger partial charge in [0.1, 0.15) is 11.5 Å². The Morgan fingerprint density at radius 3 is 2.94 bits per heavy atom. The van der Waals surface area contributed by atoms with Gasteiger partial charge in [-0.1, -0.05) is 6.92 Å². The van der Waals surface area contributed by atoms with Gasteiger partial charge in [-0.25, -0.2) is 0 Å². The molecule has 1 aliphatic rings. The van der Waals surface area contributed by atoms with Crippen molar-refractivity contribution in [3.63, 3.8) is 0 Å². The number of hydrogen-bond donors (Lipinski definition) is 1. The summed E-state index contributed by atoms with van der Waals surface area (Å²) in [7, 11) is 0. The summed E-state index contributed by atoms with van der Waals surface area (Å²) >= 11 is 0. The maximum absolute atomic E-state index is 5.61. The first kappa shape index (κ1) is 11.7. The second-order valence-corrected chi connectivity index (χ2v) is 4.32. The molecule has 2 heterocycles. The number of furan rings is 1. The summed E-state index contributed by atoms with van der Waals surface area (Å²) in [6, 6.07) is 4.11. The van der Waals surface area contributed by atoms with E-state index in [9.17, 15) is 0 Å². The molecule has 1 aliphatic heterocycles. The normalized spacial score (nSPS) is 20.4. The predicted octanol–water partition coefficient (Wildman–Crippen LogP) is 2.50. The zero-order chi connectivity index (χ0) is 11.2. The maximum Gasteiger partial charge on any atom is 0.117 e. The average molecular weight is 223 g/mol. The van der Waals surface area contributed by atoms with E-state index in [1.807, 2.05) is 0 Å². The van der Waals surface area contributed by atoms with Crippen LogP contribution in [-0.2, 0) is 17.7 Å². The molecule has 1 unspecified atom stereocenters. The first-order chi connectivity index (χ1) is 7.88. The number of ether oxygens (including phenoxy) is 1. The van der Waals surface area contributed by atoms with Crippen LogP contribution in [-0.4, -0.2) is 19.3 Å². The molecule has 2 rings (SSSR count). The summed E-state index contributed by atoms with van der Waals surface area (Å²) in [4.78, 5) is 0. The molecule has 0 bridgehead atoms. The molecule has 1 fully saturated rings. The Bertz CT molecular complexity index is 303. The van der Waals surface area contributed by atoms with E-state index in [1.54, 1.807) is 0 Å². The molecule has 0 spiro atoms. The molecule has 1 aromatic rings. The SMILES string of the molecule is CCc1ccc(CNCCC2CCCO2)o1. The van der Waals surface area contributed by atoms with Crippen LogP contribution < -0.4 is 5.32 Å².